The maximum atomic E-state index is 11.0. The van der Waals surface area contributed by atoms with Crippen molar-refractivity contribution in [1.82, 2.24) is 0 Å². The van der Waals surface area contributed by atoms with Crippen LogP contribution >= 0.6 is 27.7 Å². The molecule has 102 valence electrons. The smallest absolute Gasteiger partial charge is 0.335 e. The van der Waals surface area contributed by atoms with Crippen molar-refractivity contribution in [3.05, 3.63) is 62.6 Å². The van der Waals surface area contributed by atoms with Gasteiger partial charge < -0.3 is 5.11 Å². The van der Waals surface area contributed by atoms with Gasteiger partial charge in [-0.15, -0.1) is 0 Å². The summed E-state index contributed by atoms with van der Waals surface area (Å²) >= 11 is 4.42. The molecule has 1 N–H and O–H groups in total. The minimum Gasteiger partial charge on any atom is -0.478 e. The van der Waals surface area contributed by atoms with E-state index in [1.54, 1.807) is 24.3 Å². The third-order valence-electron chi connectivity index (χ3n) is 2.43. The molecule has 0 fully saturated rings. The number of halogens is 1. The summed E-state index contributed by atoms with van der Waals surface area (Å²) in [5.74, 6) is -1.03. The van der Waals surface area contributed by atoms with Gasteiger partial charge in [0, 0.05) is 15.4 Å². The first-order chi connectivity index (χ1) is 9.47. The summed E-state index contributed by atoms with van der Waals surface area (Å²) in [6.07, 6.45) is 0. The number of nitro groups is 1. The van der Waals surface area contributed by atoms with Crippen LogP contribution in [0, 0.1) is 10.1 Å². The van der Waals surface area contributed by atoms with Gasteiger partial charge in [0.2, 0.25) is 0 Å². The Hall–Kier alpha value is -1.86. The average Bonchev–Trinajstić information content (AvgIpc) is 2.38. The van der Waals surface area contributed by atoms with Crippen LogP contribution in [-0.2, 0) is 0 Å². The Morgan fingerprint density at radius 3 is 2.65 bits per heavy atom. The molecule has 7 heteroatoms. The van der Waals surface area contributed by atoms with Crippen molar-refractivity contribution in [2.75, 3.05) is 0 Å². The summed E-state index contributed by atoms with van der Waals surface area (Å²) in [4.78, 5) is 22.5. The summed E-state index contributed by atoms with van der Waals surface area (Å²) in [6, 6.07) is 10.9. The van der Waals surface area contributed by atoms with E-state index in [-0.39, 0.29) is 11.3 Å². The molecule has 0 saturated heterocycles. The number of carbonyl (C=O) groups is 1. The number of carboxylic acids is 1. The van der Waals surface area contributed by atoms with E-state index < -0.39 is 10.9 Å². The topological polar surface area (TPSA) is 80.4 Å². The quantitative estimate of drug-likeness (QED) is 0.657. The molecule has 0 radical (unpaired) electrons. The first kappa shape index (κ1) is 14.5. The van der Waals surface area contributed by atoms with E-state index in [9.17, 15) is 14.9 Å². The second-order valence-corrected chi connectivity index (χ2v) is 5.84. The lowest BCUT2D eigenvalue weighted by Gasteiger charge is -2.04. The Bertz CT molecular complexity index is 690. The molecule has 2 aromatic carbocycles. The van der Waals surface area contributed by atoms with E-state index in [0.29, 0.717) is 9.79 Å². The van der Waals surface area contributed by atoms with Crippen LogP contribution in [-0.4, -0.2) is 16.0 Å². The van der Waals surface area contributed by atoms with Gasteiger partial charge in [-0.25, -0.2) is 4.79 Å². The van der Waals surface area contributed by atoms with E-state index in [4.69, 9.17) is 5.11 Å². The zero-order valence-electron chi connectivity index (χ0n) is 9.95. The van der Waals surface area contributed by atoms with Gasteiger partial charge in [-0.2, -0.15) is 0 Å². The number of hydrogen-bond acceptors (Lipinski definition) is 4. The molecule has 0 saturated carbocycles. The second-order valence-electron chi connectivity index (χ2n) is 3.80. The van der Waals surface area contributed by atoms with Crippen molar-refractivity contribution < 1.29 is 14.8 Å². The van der Waals surface area contributed by atoms with Gasteiger partial charge >= 0.3 is 5.97 Å². The summed E-state index contributed by atoms with van der Waals surface area (Å²) in [5, 5.41) is 19.9. The largest absolute Gasteiger partial charge is 0.478 e. The predicted molar refractivity (Wildman–Crippen MR) is 78.3 cm³/mol. The molecule has 0 aliphatic rings. The van der Waals surface area contributed by atoms with Gasteiger partial charge in [-0.3, -0.25) is 10.1 Å². The van der Waals surface area contributed by atoms with Crippen molar-refractivity contribution in [3.8, 4) is 0 Å². The van der Waals surface area contributed by atoms with Crippen LogP contribution < -0.4 is 0 Å². The molecule has 20 heavy (non-hydrogen) atoms. The monoisotopic (exact) mass is 353 g/mol. The minimum absolute atomic E-state index is 0.0149. The molecule has 0 aliphatic heterocycles. The summed E-state index contributed by atoms with van der Waals surface area (Å²) < 4.78 is 0.722. The Morgan fingerprint density at radius 1 is 1.25 bits per heavy atom. The predicted octanol–water partition coefficient (Wildman–Crippen LogP) is 4.21. The van der Waals surface area contributed by atoms with Gasteiger partial charge in [0.05, 0.1) is 15.4 Å². The van der Waals surface area contributed by atoms with Crippen molar-refractivity contribution >= 4 is 39.3 Å². The van der Waals surface area contributed by atoms with Gasteiger partial charge in [-0.05, 0) is 30.3 Å². The van der Waals surface area contributed by atoms with Crippen LogP contribution in [0.15, 0.2) is 56.7 Å². The third kappa shape index (κ3) is 3.37. The Morgan fingerprint density at radius 2 is 2.00 bits per heavy atom. The van der Waals surface area contributed by atoms with E-state index in [2.05, 4.69) is 15.9 Å². The molecular formula is C13H8BrNO4S. The van der Waals surface area contributed by atoms with Crippen molar-refractivity contribution in [1.29, 1.82) is 0 Å². The number of aromatic carboxylic acids is 1. The van der Waals surface area contributed by atoms with E-state index in [1.807, 2.05) is 0 Å². The molecule has 0 atom stereocenters. The third-order valence-corrected chi connectivity index (χ3v) is 3.96. The zero-order valence-corrected chi connectivity index (χ0v) is 12.3. The van der Waals surface area contributed by atoms with Crippen LogP contribution in [0.2, 0.25) is 0 Å². The van der Waals surface area contributed by atoms with Gasteiger partial charge in [0.25, 0.3) is 5.69 Å². The Labute approximate surface area is 126 Å². The Balaban J connectivity index is 2.39. The second kappa shape index (κ2) is 6.06. The zero-order chi connectivity index (χ0) is 14.7. The molecule has 0 aliphatic carbocycles. The maximum absolute atomic E-state index is 11.0. The first-order valence-electron chi connectivity index (χ1n) is 5.42. The van der Waals surface area contributed by atoms with Crippen LogP contribution in [0.4, 0.5) is 5.69 Å². The number of nitrogens with zero attached hydrogens (tertiary/aromatic N) is 1. The highest BCUT2D eigenvalue weighted by atomic mass is 79.9. The molecule has 0 bridgehead atoms. The molecule has 2 rings (SSSR count). The van der Waals surface area contributed by atoms with E-state index in [0.717, 1.165) is 16.2 Å². The number of rotatable bonds is 4. The van der Waals surface area contributed by atoms with Crippen LogP contribution in [0.5, 0.6) is 0 Å². The lowest BCUT2D eigenvalue weighted by atomic mass is 10.2. The van der Waals surface area contributed by atoms with Gasteiger partial charge in [-0.1, -0.05) is 33.8 Å². The van der Waals surface area contributed by atoms with Gasteiger partial charge in [0.15, 0.2) is 0 Å². The Kier molecular flexibility index (Phi) is 4.41. The number of benzene rings is 2. The minimum atomic E-state index is -1.03. The first-order valence-corrected chi connectivity index (χ1v) is 7.03. The van der Waals surface area contributed by atoms with Crippen molar-refractivity contribution in [2.24, 2.45) is 0 Å². The van der Waals surface area contributed by atoms with Crippen LogP contribution in [0.1, 0.15) is 10.4 Å². The molecule has 0 amide bonds. The fraction of sp³-hybridized carbons (Fsp3) is 0. The average molecular weight is 354 g/mol. The molecule has 0 aromatic heterocycles. The highest BCUT2D eigenvalue weighted by Crippen LogP contribution is 2.36. The molecule has 0 spiro atoms. The number of carboxylic acid groups (broad SMARTS) is 1. The molecule has 2 aromatic rings. The van der Waals surface area contributed by atoms with Gasteiger partial charge in [0.1, 0.15) is 0 Å². The lowest BCUT2D eigenvalue weighted by molar-refractivity contribution is -0.387. The standard InChI is InChI=1S/C13H8BrNO4S/c14-9-4-5-11(15(18)19)12(7-9)20-10-3-1-2-8(6-10)13(16)17/h1-7H,(H,16,17). The van der Waals surface area contributed by atoms with Crippen molar-refractivity contribution in [3.63, 3.8) is 0 Å². The van der Waals surface area contributed by atoms with E-state index in [1.165, 1.54) is 18.2 Å². The molecule has 0 unspecified atom stereocenters. The van der Waals surface area contributed by atoms with Crippen molar-refractivity contribution in [2.45, 2.75) is 9.79 Å². The number of hydrogen-bond donors (Lipinski definition) is 1. The lowest BCUT2D eigenvalue weighted by Crippen LogP contribution is -1.95. The SMILES string of the molecule is O=C(O)c1cccc(Sc2cc(Br)ccc2[N+](=O)[O-])c1. The molecule has 5 nitrogen and oxygen atoms in total. The highest BCUT2D eigenvalue weighted by molar-refractivity contribution is 9.10. The molecule has 0 heterocycles. The number of nitro benzene ring substituents is 1. The fourth-order valence-corrected chi connectivity index (χ4v) is 3.07. The fourth-order valence-electron chi connectivity index (χ4n) is 1.54. The van der Waals surface area contributed by atoms with Crippen LogP contribution in [0.3, 0.4) is 0 Å². The van der Waals surface area contributed by atoms with E-state index >= 15 is 0 Å². The maximum Gasteiger partial charge on any atom is 0.335 e. The normalized spacial score (nSPS) is 10.2. The van der Waals surface area contributed by atoms with Crippen LogP contribution in [0.25, 0.3) is 0 Å². The summed E-state index contributed by atoms with van der Waals surface area (Å²) in [7, 11) is 0. The highest BCUT2D eigenvalue weighted by Gasteiger charge is 2.15. The molecular weight excluding hydrogens is 346 g/mol. The summed E-state index contributed by atoms with van der Waals surface area (Å²) in [5.41, 5.74) is 0.131. The summed E-state index contributed by atoms with van der Waals surface area (Å²) in [6.45, 7) is 0.